The molecule has 138 valence electrons. The minimum Gasteiger partial charge on any atom is -0.378 e. The van der Waals surface area contributed by atoms with Crippen LogP contribution in [0.5, 0.6) is 0 Å². The SMILES string of the molecule is CN1CC(NC(=O)N2CCC(Cc3cccc(Cl)c3)CC2)CCC1O. The summed E-state index contributed by atoms with van der Waals surface area (Å²) in [6.07, 6.45) is 4.26. The third kappa shape index (κ3) is 5.09. The second-order valence-corrected chi connectivity index (χ2v) is 7.84. The zero-order valence-corrected chi connectivity index (χ0v) is 15.6. The number of likely N-dealkylation sites (tertiary alicyclic amines) is 2. The number of rotatable bonds is 3. The lowest BCUT2D eigenvalue weighted by Gasteiger charge is -2.37. The lowest BCUT2D eigenvalue weighted by atomic mass is 9.90. The van der Waals surface area contributed by atoms with Crippen LogP contribution in [0.15, 0.2) is 24.3 Å². The summed E-state index contributed by atoms with van der Waals surface area (Å²) in [5.74, 6) is 0.610. The van der Waals surface area contributed by atoms with Crippen molar-refractivity contribution in [3.63, 3.8) is 0 Å². The van der Waals surface area contributed by atoms with E-state index < -0.39 is 0 Å². The summed E-state index contributed by atoms with van der Waals surface area (Å²) >= 11 is 6.06. The lowest BCUT2D eigenvalue weighted by molar-refractivity contribution is -0.0156. The van der Waals surface area contributed by atoms with Crippen LogP contribution in [-0.2, 0) is 6.42 Å². The van der Waals surface area contributed by atoms with Crippen LogP contribution in [0.1, 0.15) is 31.2 Å². The largest absolute Gasteiger partial charge is 0.378 e. The first-order valence-electron chi connectivity index (χ1n) is 9.19. The van der Waals surface area contributed by atoms with E-state index in [4.69, 9.17) is 11.6 Å². The number of aliphatic hydroxyl groups excluding tert-OH is 1. The zero-order valence-electron chi connectivity index (χ0n) is 14.8. The Bertz CT molecular complexity index is 590. The van der Waals surface area contributed by atoms with Crippen molar-refractivity contribution in [2.45, 2.75) is 44.4 Å². The number of benzene rings is 1. The number of carbonyl (C=O) groups is 1. The number of hydrogen-bond donors (Lipinski definition) is 2. The average molecular weight is 366 g/mol. The number of urea groups is 1. The molecule has 2 unspecified atom stereocenters. The van der Waals surface area contributed by atoms with E-state index >= 15 is 0 Å². The summed E-state index contributed by atoms with van der Waals surface area (Å²) in [5.41, 5.74) is 1.28. The van der Waals surface area contributed by atoms with Crippen molar-refractivity contribution in [2.75, 3.05) is 26.7 Å². The van der Waals surface area contributed by atoms with Crippen molar-refractivity contribution in [3.8, 4) is 0 Å². The van der Waals surface area contributed by atoms with E-state index in [-0.39, 0.29) is 18.3 Å². The Hall–Kier alpha value is -1.30. The molecular weight excluding hydrogens is 338 g/mol. The third-order valence-corrected chi connectivity index (χ3v) is 5.67. The molecule has 2 atom stereocenters. The number of nitrogens with zero attached hydrogens (tertiary/aromatic N) is 2. The van der Waals surface area contributed by atoms with Crippen molar-refractivity contribution in [1.82, 2.24) is 15.1 Å². The Morgan fingerprint density at radius 1 is 1.28 bits per heavy atom. The molecule has 2 saturated heterocycles. The molecule has 2 amide bonds. The van der Waals surface area contributed by atoms with E-state index in [1.54, 1.807) is 0 Å². The minimum absolute atomic E-state index is 0.0380. The fourth-order valence-corrected chi connectivity index (χ4v) is 4.07. The molecule has 0 radical (unpaired) electrons. The summed E-state index contributed by atoms with van der Waals surface area (Å²) in [7, 11) is 1.89. The lowest BCUT2D eigenvalue weighted by Crippen LogP contribution is -2.54. The Balaban J connectivity index is 1.43. The first-order chi connectivity index (χ1) is 12.0. The van der Waals surface area contributed by atoms with Gasteiger partial charge in [-0.1, -0.05) is 23.7 Å². The van der Waals surface area contributed by atoms with Crippen molar-refractivity contribution in [1.29, 1.82) is 0 Å². The van der Waals surface area contributed by atoms with Gasteiger partial charge in [-0.15, -0.1) is 0 Å². The normalized spacial score (nSPS) is 25.8. The van der Waals surface area contributed by atoms with E-state index in [2.05, 4.69) is 11.4 Å². The molecule has 0 aliphatic carbocycles. The maximum atomic E-state index is 12.5. The first-order valence-corrected chi connectivity index (χ1v) is 9.57. The molecule has 5 nitrogen and oxygen atoms in total. The highest BCUT2D eigenvalue weighted by Crippen LogP contribution is 2.23. The smallest absolute Gasteiger partial charge is 0.317 e. The Labute approximate surface area is 154 Å². The van der Waals surface area contributed by atoms with Crippen LogP contribution in [-0.4, -0.2) is 59.9 Å². The van der Waals surface area contributed by atoms with Gasteiger partial charge in [0, 0.05) is 30.7 Å². The molecule has 2 aliphatic rings. The van der Waals surface area contributed by atoms with Crippen LogP contribution in [0, 0.1) is 5.92 Å². The zero-order chi connectivity index (χ0) is 17.8. The van der Waals surface area contributed by atoms with Gasteiger partial charge in [-0.25, -0.2) is 4.79 Å². The van der Waals surface area contributed by atoms with E-state index in [9.17, 15) is 9.90 Å². The highest BCUT2D eigenvalue weighted by Gasteiger charge is 2.28. The summed E-state index contributed by atoms with van der Waals surface area (Å²) < 4.78 is 0. The fourth-order valence-electron chi connectivity index (χ4n) is 3.85. The summed E-state index contributed by atoms with van der Waals surface area (Å²) in [6, 6.07) is 8.23. The molecule has 1 aromatic rings. The Morgan fingerprint density at radius 3 is 2.72 bits per heavy atom. The highest BCUT2D eigenvalue weighted by atomic mass is 35.5. The maximum absolute atomic E-state index is 12.5. The molecule has 2 N–H and O–H groups in total. The number of nitrogens with one attached hydrogen (secondary N) is 1. The maximum Gasteiger partial charge on any atom is 0.317 e. The second-order valence-electron chi connectivity index (χ2n) is 7.41. The molecule has 0 spiro atoms. The summed E-state index contributed by atoms with van der Waals surface area (Å²) in [4.78, 5) is 16.3. The number of hydrogen-bond acceptors (Lipinski definition) is 3. The van der Waals surface area contributed by atoms with Crippen LogP contribution in [0.4, 0.5) is 4.79 Å². The van der Waals surface area contributed by atoms with Gasteiger partial charge in [0.1, 0.15) is 6.23 Å². The molecular formula is C19H28ClN3O2. The average Bonchev–Trinajstić information content (AvgIpc) is 2.59. The second kappa shape index (κ2) is 8.39. The molecule has 2 aliphatic heterocycles. The first kappa shape index (κ1) is 18.5. The molecule has 3 rings (SSSR count). The van der Waals surface area contributed by atoms with Gasteiger partial charge in [0.05, 0.1) is 0 Å². The van der Waals surface area contributed by atoms with Crippen molar-refractivity contribution < 1.29 is 9.90 Å². The topological polar surface area (TPSA) is 55.8 Å². The molecule has 2 heterocycles. The van der Waals surface area contributed by atoms with Gasteiger partial charge in [-0.3, -0.25) is 4.90 Å². The predicted molar refractivity (Wildman–Crippen MR) is 99.6 cm³/mol. The van der Waals surface area contributed by atoms with Gasteiger partial charge in [-0.2, -0.15) is 0 Å². The Kier molecular flexibility index (Phi) is 6.20. The van der Waals surface area contributed by atoms with E-state index in [1.807, 2.05) is 35.0 Å². The molecule has 2 fully saturated rings. The highest BCUT2D eigenvalue weighted by molar-refractivity contribution is 6.30. The summed E-state index contributed by atoms with van der Waals surface area (Å²) in [6.45, 7) is 2.32. The molecule has 1 aromatic carbocycles. The van der Waals surface area contributed by atoms with Crippen molar-refractivity contribution in [2.24, 2.45) is 5.92 Å². The summed E-state index contributed by atoms with van der Waals surface area (Å²) in [5, 5.41) is 13.7. The van der Waals surface area contributed by atoms with E-state index in [0.29, 0.717) is 18.9 Å². The van der Waals surface area contributed by atoms with Gasteiger partial charge in [0.15, 0.2) is 0 Å². The number of carbonyl (C=O) groups excluding carboxylic acids is 1. The van der Waals surface area contributed by atoms with Crippen LogP contribution < -0.4 is 5.32 Å². The van der Waals surface area contributed by atoms with Crippen LogP contribution in [0.25, 0.3) is 0 Å². The van der Waals surface area contributed by atoms with Crippen molar-refractivity contribution in [3.05, 3.63) is 34.9 Å². The van der Waals surface area contributed by atoms with Gasteiger partial charge in [0.25, 0.3) is 0 Å². The molecule has 25 heavy (non-hydrogen) atoms. The van der Waals surface area contributed by atoms with Crippen molar-refractivity contribution >= 4 is 17.6 Å². The number of piperidine rings is 2. The number of halogens is 1. The van der Waals surface area contributed by atoms with Crippen LogP contribution in [0.3, 0.4) is 0 Å². The number of likely N-dealkylation sites (N-methyl/N-ethyl adjacent to an activating group) is 1. The van der Waals surface area contributed by atoms with Gasteiger partial charge < -0.3 is 15.3 Å². The number of aliphatic hydroxyl groups is 1. The molecule has 6 heteroatoms. The fraction of sp³-hybridized carbons (Fsp3) is 0.632. The third-order valence-electron chi connectivity index (χ3n) is 5.43. The number of amides is 2. The standard InChI is InChI=1S/C19H28ClN3O2/c1-22-13-17(5-6-18(22)24)21-19(25)23-9-7-14(8-10-23)11-15-3-2-4-16(20)12-15/h2-4,12,14,17-18,24H,5-11,13H2,1H3,(H,21,25). The molecule has 0 aromatic heterocycles. The quantitative estimate of drug-likeness (QED) is 0.866. The molecule has 0 bridgehead atoms. The molecule has 0 saturated carbocycles. The van der Waals surface area contributed by atoms with E-state index in [0.717, 1.165) is 43.8 Å². The van der Waals surface area contributed by atoms with E-state index in [1.165, 1.54) is 5.56 Å². The monoisotopic (exact) mass is 365 g/mol. The van der Waals surface area contributed by atoms with Crippen LogP contribution in [0.2, 0.25) is 5.02 Å². The van der Waals surface area contributed by atoms with Gasteiger partial charge >= 0.3 is 6.03 Å². The minimum atomic E-state index is -0.379. The predicted octanol–water partition coefficient (Wildman–Crippen LogP) is 2.72. The van der Waals surface area contributed by atoms with Gasteiger partial charge in [0.2, 0.25) is 0 Å². The Morgan fingerprint density at radius 2 is 2.04 bits per heavy atom. The van der Waals surface area contributed by atoms with Gasteiger partial charge in [-0.05, 0) is 62.8 Å². The van der Waals surface area contributed by atoms with Crippen LogP contribution >= 0.6 is 11.6 Å².